The number of ether oxygens (including phenoxy) is 1. The van der Waals surface area contributed by atoms with E-state index in [9.17, 15) is 4.79 Å². The van der Waals surface area contributed by atoms with Crippen molar-refractivity contribution in [2.45, 2.75) is 25.9 Å². The smallest absolute Gasteiger partial charge is 0.317 e. The third-order valence-electron chi connectivity index (χ3n) is 4.28. The second kappa shape index (κ2) is 4.63. The van der Waals surface area contributed by atoms with Crippen LogP contribution in [0.25, 0.3) is 6.08 Å². The maximum Gasteiger partial charge on any atom is 0.317 e. The Bertz CT molecular complexity index is 594. The first-order valence-electron chi connectivity index (χ1n) is 6.92. The Morgan fingerprint density at radius 2 is 2.25 bits per heavy atom. The average Bonchev–Trinajstić information content (AvgIpc) is 2.77. The molecule has 1 fully saturated rings. The molecule has 0 aliphatic carbocycles. The SMILES string of the molecule is Cc1ccc2c(c1C)OC1(C=C2)CCN(CC(=O)O)C1. The van der Waals surface area contributed by atoms with E-state index < -0.39 is 5.97 Å². The van der Waals surface area contributed by atoms with Gasteiger partial charge in [0.1, 0.15) is 11.4 Å². The molecule has 20 heavy (non-hydrogen) atoms. The maximum absolute atomic E-state index is 10.8. The van der Waals surface area contributed by atoms with Crippen LogP contribution in [0.2, 0.25) is 0 Å². The fourth-order valence-electron chi connectivity index (χ4n) is 2.99. The zero-order valence-electron chi connectivity index (χ0n) is 11.8. The summed E-state index contributed by atoms with van der Waals surface area (Å²) in [6.45, 7) is 5.64. The summed E-state index contributed by atoms with van der Waals surface area (Å²) in [4.78, 5) is 12.8. The first-order chi connectivity index (χ1) is 9.49. The summed E-state index contributed by atoms with van der Waals surface area (Å²) >= 11 is 0. The van der Waals surface area contributed by atoms with Gasteiger partial charge in [0, 0.05) is 25.1 Å². The molecule has 0 aromatic heterocycles. The second-order valence-electron chi connectivity index (χ2n) is 5.78. The summed E-state index contributed by atoms with van der Waals surface area (Å²) in [7, 11) is 0. The molecule has 0 saturated carbocycles. The third-order valence-corrected chi connectivity index (χ3v) is 4.28. The average molecular weight is 273 g/mol. The molecule has 1 unspecified atom stereocenters. The zero-order chi connectivity index (χ0) is 14.3. The molecule has 4 nitrogen and oxygen atoms in total. The predicted octanol–water partition coefficient (Wildman–Crippen LogP) is 2.24. The Hall–Kier alpha value is -1.81. The largest absolute Gasteiger partial charge is 0.481 e. The highest BCUT2D eigenvalue weighted by atomic mass is 16.5. The Morgan fingerprint density at radius 1 is 1.45 bits per heavy atom. The van der Waals surface area contributed by atoms with Crippen molar-refractivity contribution in [3.05, 3.63) is 34.9 Å². The molecule has 0 bridgehead atoms. The van der Waals surface area contributed by atoms with Gasteiger partial charge in [-0.3, -0.25) is 9.69 Å². The van der Waals surface area contributed by atoms with Crippen molar-refractivity contribution in [2.75, 3.05) is 19.6 Å². The van der Waals surface area contributed by atoms with Crippen molar-refractivity contribution < 1.29 is 14.6 Å². The summed E-state index contributed by atoms with van der Waals surface area (Å²) in [5.74, 6) is 0.166. The molecule has 3 rings (SSSR count). The van der Waals surface area contributed by atoms with Gasteiger partial charge in [0.15, 0.2) is 0 Å². The van der Waals surface area contributed by atoms with Crippen LogP contribution in [0.5, 0.6) is 5.75 Å². The van der Waals surface area contributed by atoms with E-state index in [1.165, 1.54) is 11.1 Å². The van der Waals surface area contributed by atoms with Gasteiger partial charge in [-0.1, -0.05) is 18.2 Å². The van der Waals surface area contributed by atoms with E-state index in [1.807, 2.05) is 4.90 Å². The number of carboxylic acid groups (broad SMARTS) is 1. The van der Waals surface area contributed by atoms with E-state index in [4.69, 9.17) is 9.84 Å². The maximum atomic E-state index is 10.8. The van der Waals surface area contributed by atoms with Gasteiger partial charge in [-0.15, -0.1) is 0 Å². The fraction of sp³-hybridized carbons (Fsp3) is 0.438. The number of rotatable bonds is 2. The quantitative estimate of drug-likeness (QED) is 0.898. The molecule has 1 saturated heterocycles. The van der Waals surface area contributed by atoms with Gasteiger partial charge >= 0.3 is 5.97 Å². The standard InChI is InChI=1S/C16H19NO3/c1-11-3-4-13-5-6-16(20-15(13)12(11)2)7-8-17(10-16)9-14(18)19/h3-6H,7-10H2,1-2H3,(H,18,19). The molecular formula is C16H19NO3. The molecule has 2 aliphatic heterocycles. The predicted molar refractivity (Wildman–Crippen MR) is 77.0 cm³/mol. The van der Waals surface area contributed by atoms with Gasteiger partial charge in [-0.05, 0) is 31.1 Å². The van der Waals surface area contributed by atoms with Gasteiger partial charge in [-0.2, -0.15) is 0 Å². The van der Waals surface area contributed by atoms with Crippen molar-refractivity contribution in [1.82, 2.24) is 4.90 Å². The summed E-state index contributed by atoms with van der Waals surface area (Å²) in [5, 5.41) is 8.90. The van der Waals surface area contributed by atoms with E-state index in [2.05, 4.69) is 38.1 Å². The van der Waals surface area contributed by atoms with E-state index in [0.29, 0.717) is 6.54 Å². The Kier molecular flexibility index (Phi) is 3.05. The van der Waals surface area contributed by atoms with E-state index in [0.717, 1.165) is 24.3 Å². The minimum atomic E-state index is -0.783. The number of hydrogen-bond donors (Lipinski definition) is 1. The minimum absolute atomic E-state index is 0.0820. The third kappa shape index (κ3) is 2.20. The fourth-order valence-corrected chi connectivity index (χ4v) is 2.99. The highest BCUT2D eigenvalue weighted by Crippen LogP contribution is 2.39. The lowest BCUT2D eigenvalue weighted by atomic mass is 9.95. The lowest BCUT2D eigenvalue weighted by Gasteiger charge is -2.32. The zero-order valence-corrected chi connectivity index (χ0v) is 11.8. The Morgan fingerprint density at radius 3 is 3.00 bits per heavy atom. The van der Waals surface area contributed by atoms with Gasteiger partial charge in [0.25, 0.3) is 0 Å². The molecule has 1 aromatic rings. The molecule has 1 aromatic carbocycles. The first-order valence-corrected chi connectivity index (χ1v) is 6.92. The summed E-state index contributed by atoms with van der Waals surface area (Å²) in [5.41, 5.74) is 3.13. The molecule has 2 aliphatic rings. The number of benzene rings is 1. The highest BCUT2D eigenvalue weighted by Gasteiger charge is 2.40. The first kappa shape index (κ1) is 13.2. The van der Waals surface area contributed by atoms with Gasteiger partial charge in [0.05, 0.1) is 6.54 Å². The Balaban J connectivity index is 1.86. The van der Waals surface area contributed by atoms with Crippen LogP contribution in [-0.4, -0.2) is 41.2 Å². The van der Waals surface area contributed by atoms with Crippen LogP contribution >= 0.6 is 0 Å². The number of nitrogens with zero attached hydrogens (tertiary/aromatic N) is 1. The van der Waals surface area contributed by atoms with E-state index in [1.54, 1.807) is 0 Å². The van der Waals surface area contributed by atoms with Gasteiger partial charge < -0.3 is 9.84 Å². The van der Waals surface area contributed by atoms with Crippen molar-refractivity contribution in [3.63, 3.8) is 0 Å². The summed E-state index contributed by atoms with van der Waals surface area (Å²) in [6.07, 6.45) is 5.03. The van der Waals surface area contributed by atoms with Crippen LogP contribution in [0.3, 0.4) is 0 Å². The van der Waals surface area contributed by atoms with Crippen LogP contribution in [0, 0.1) is 13.8 Å². The number of hydrogen-bond acceptors (Lipinski definition) is 3. The van der Waals surface area contributed by atoms with E-state index in [-0.39, 0.29) is 12.1 Å². The van der Waals surface area contributed by atoms with Crippen molar-refractivity contribution in [1.29, 1.82) is 0 Å². The van der Waals surface area contributed by atoms with Crippen LogP contribution in [0.4, 0.5) is 0 Å². The van der Waals surface area contributed by atoms with Crippen LogP contribution in [0.1, 0.15) is 23.1 Å². The second-order valence-corrected chi connectivity index (χ2v) is 5.78. The van der Waals surface area contributed by atoms with Crippen LogP contribution in [0.15, 0.2) is 18.2 Å². The molecular weight excluding hydrogens is 254 g/mol. The number of carboxylic acids is 1. The highest BCUT2D eigenvalue weighted by molar-refractivity contribution is 5.69. The van der Waals surface area contributed by atoms with Crippen molar-refractivity contribution in [2.24, 2.45) is 0 Å². The molecule has 2 heterocycles. The number of aryl methyl sites for hydroxylation is 1. The molecule has 106 valence electrons. The lowest BCUT2D eigenvalue weighted by Crippen LogP contribution is -2.40. The lowest BCUT2D eigenvalue weighted by molar-refractivity contribution is -0.138. The normalized spacial score (nSPS) is 24.7. The van der Waals surface area contributed by atoms with E-state index >= 15 is 0 Å². The summed E-state index contributed by atoms with van der Waals surface area (Å²) < 4.78 is 6.28. The van der Waals surface area contributed by atoms with Crippen molar-refractivity contribution in [3.8, 4) is 5.75 Å². The number of fused-ring (bicyclic) bond motifs is 1. The number of carbonyl (C=O) groups is 1. The number of aliphatic carboxylic acids is 1. The molecule has 4 heteroatoms. The summed E-state index contributed by atoms with van der Waals surface area (Å²) in [6, 6.07) is 4.18. The monoisotopic (exact) mass is 273 g/mol. The Labute approximate surface area is 118 Å². The van der Waals surface area contributed by atoms with Gasteiger partial charge in [-0.25, -0.2) is 0 Å². The van der Waals surface area contributed by atoms with Crippen LogP contribution in [-0.2, 0) is 4.79 Å². The van der Waals surface area contributed by atoms with Crippen LogP contribution < -0.4 is 4.74 Å². The molecule has 1 N–H and O–H groups in total. The number of likely N-dealkylation sites (tertiary alicyclic amines) is 1. The molecule has 0 radical (unpaired) electrons. The molecule has 1 atom stereocenters. The topological polar surface area (TPSA) is 49.8 Å². The molecule has 0 amide bonds. The van der Waals surface area contributed by atoms with Crippen molar-refractivity contribution >= 4 is 12.0 Å². The van der Waals surface area contributed by atoms with Gasteiger partial charge in [0.2, 0.25) is 0 Å². The minimum Gasteiger partial charge on any atom is -0.481 e. The molecule has 1 spiro atoms.